The van der Waals surface area contributed by atoms with Gasteiger partial charge in [-0.2, -0.15) is 5.10 Å². The van der Waals surface area contributed by atoms with Crippen LogP contribution in [0.3, 0.4) is 0 Å². The summed E-state index contributed by atoms with van der Waals surface area (Å²) in [5.41, 5.74) is 6.11. The molecule has 0 aromatic carbocycles. The SMILES string of the molecule is CC(=O)Nc1nc2c(s1)-c1c(c(-c3ccc(C)nc3)nn1[C@H]1CC[C@H](C(=O)O)CC1)CC2. The molecule has 32 heavy (non-hydrogen) atoms. The van der Waals surface area contributed by atoms with Gasteiger partial charge in [0.15, 0.2) is 5.13 Å². The molecule has 9 heteroatoms. The molecule has 1 saturated carbocycles. The van der Waals surface area contributed by atoms with Crippen molar-refractivity contribution >= 4 is 28.3 Å². The van der Waals surface area contributed by atoms with Crippen molar-refractivity contribution in [2.45, 2.75) is 58.4 Å². The van der Waals surface area contributed by atoms with E-state index in [1.54, 1.807) is 0 Å². The van der Waals surface area contributed by atoms with Crippen molar-refractivity contribution in [3.05, 3.63) is 35.3 Å². The Hall–Kier alpha value is -3.07. The second-order valence-corrected chi connectivity index (χ2v) is 9.63. The van der Waals surface area contributed by atoms with Gasteiger partial charge < -0.3 is 10.4 Å². The van der Waals surface area contributed by atoms with Crippen molar-refractivity contribution < 1.29 is 14.7 Å². The van der Waals surface area contributed by atoms with E-state index in [9.17, 15) is 14.7 Å². The predicted molar refractivity (Wildman–Crippen MR) is 122 cm³/mol. The second-order valence-electron chi connectivity index (χ2n) is 8.63. The number of thiazole rings is 1. The topological polar surface area (TPSA) is 110 Å². The van der Waals surface area contributed by atoms with Gasteiger partial charge in [0.05, 0.1) is 33.9 Å². The Morgan fingerprint density at radius 2 is 1.97 bits per heavy atom. The van der Waals surface area contributed by atoms with Crippen molar-refractivity contribution in [3.63, 3.8) is 0 Å². The summed E-state index contributed by atoms with van der Waals surface area (Å²) in [6.45, 7) is 3.45. The van der Waals surface area contributed by atoms with Crippen molar-refractivity contribution in [1.82, 2.24) is 19.7 Å². The number of nitrogens with one attached hydrogen (secondary N) is 1. The molecule has 0 aliphatic heterocycles. The third kappa shape index (κ3) is 3.70. The molecule has 1 fully saturated rings. The molecule has 8 nitrogen and oxygen atoms in total. The van der Waals surface area contributed by atoms with Crippen molar-refractivity contribution in [1.29, 1.82) is 0 Å². The molecule has 0 spiro atoms. The molecular formula is C23H25N5O3S. The number of aromatic nitrogens is 4. The number of amides is 1. The van der Waals surface area contributed by atoms with E-state index in [-0.39, 0.29) is 17.9 Å². The Morgan fingerprint density at radius 1 is 1.19 bits per heavy atom. The van der Waals surface area contributed by atoms with Crippen LogP contribution in [0.2, 0.25) is 0 Å². The third-order valence-electron chi connectivity index (χ3n) is 6.39. The highest BCUT2D eigenvalue weighted by molar-refractivity contribution is 7.19. The summed E-state index contributed by atoms with van der Waals surface area (Å²) in [5, 5.41) is 17.9. The summed E-state index contributed by atoms with van der Waals surface area (Å²) in [6, 6.07) is 4.19. The van der Waals surface area contributed by atoms with Crippen LogP contribution in [0.25, 0.3) is 21.8 Å². The first-order valence-electron chi connectivity index (χ1n) is 11.0. The monoisotopic (exact) mass is 451 g/mol. The molecule has 2 N–H and O–H groups in total. The summed E-state index contributed by atoms with van der Waals surface area (Å²) in [7, 11) is 0. The molecule has 1 amide bonds. The maximum Gasteiger partial charge on any atom is 0.306 e. The first-order chi connectivity index (χ1) is 15.4. The van der Waals surface area contributed by atoms with Gasteiger partial charge in [-0.25, -0.2) is 4.98 Å². The highest BCUT2D eigenvalue weighted by Crippen LogP contribution is 2.46. The van der Waals surface area contributed by atoms with Crippen LogP contribution in [-0.2, 0) is 22.4 Å². The Morgan fingerprint density at radius 3 is 2.62 bits per heavy atom. The van der Waals surface area contributed by atoms with E-state index in [2.05, 4.69) is 26.0 Å². The van der Waals surface area contributed by atoms with E-state index in [1.807, 2.05) is 19.2 Å². The van der Waals surface area contributed by atoms with Gasteiger partial charge in [0.25, 0.3) is 0 Å². The maximum absolute atomic E-state index is 11.6. The molecule has 0 unspecified atom stereocenters. The number of hydrogen-bond acceptors (Lipinski definition) is 6. The molecule has 0 radical (unpaired) electrons. The molecule has 0 atom stereocenters. The number of anilines is 1. The number of nitrogens with zero attached hydrogens (tertiary/aromatic N) is 4. The molecule has 0 bridgehead atoms. The van der Waals surface area contributed by atoms with Gasteiger partial charge in [0, 0.05) is 29.9 Å². The lowest BCUT2D eigenvalue weighted by Crippen LogP contribution is -2.24. The van der Waals surface area contributed by atoms with Crippen LogP contribution < -0.4 is 5.32 Å². The molecule has 2 aliphatic carbocycles. The number of fused-ring (bicyclic) bond motifs is 3. The minimum atomic E-state index is -0.706. The molecular weight excluding hydrogens is 426 g/mol. The van der Waals surface area contributed by atoms with E-state index in [0.29, 0.717) is 18.0 Å². The van der Waals surface area contributed by atoms with Gasteiger partial charge >= 0.3 is 5.97 Å². The van der Waals surface area contributed by atoms with Gasteiger partial charge in [-0.3, -0.25) is 19.3 Å². The van der Waals surface area contributed by atoms with Gasteiger partial charge in [0.2, 0.25) is 5.91 Å². The van der Waals surface area contributed by atoms with Gasteiger partial charge in [-0.15, -0.1) is 0 Å². The average Bonchev–Trinajstić information content (AvgIpc) is 3.34. The van der Waals surface area contributed by atoms with Gasteiger partial charge in [-0.05, 0) is 57.6 Å². The van der Waals surface area contributed by atoms with Crippen LogP contribution in [0, 0.1) is 12.8 Å². The fourth-order valence-electron chi connectivity index (χ4n) is 4.77. The summed E-state index contributed by atoms with van der Waals surface area (Å²) in [4.78, 5) is 33.2. The minimum absolute atomic E-state index is 0.136. The van der Waals surface area contributed by atoms with E-state index in [4.69, 9.17) is 5.10 Å². The largest absolute Gasteiger partial charge is 0.481 e. The molecule has 3 heterocycles. The van der Waals surface area contributed by atoms with E-state index in [0.717, 1.165) is 58.9 Å². The fraction of sp³-hybridized carbons (Fsp3) is 0.435. The molecule has 3 aromatic heterocycles. The van der Waals surface area contributed by atoms with Crippen LogP contribution in [-0.4, -0.2) is 36.7 Å². The molecule has 5 rings (SSSR count). The Bertz CT molecular complexity index is 1190. The number of carboxylic acid groups (broad SMARTS) is 1. The lowest BCUT2D eigenvalue weighted by Gasteiger charge is -2.28. The zero-order chi connectivity index (χ0) is 22.4. The average molecular weight is 452 g/mol. The number of aryl methyl sites for hydroxylation is 2. The molecule has 3 aromatic rings. The Kier molecular flexibility index (Phi) is 5.28. The van der Waals surface area contributed by atoms with Crippen LogP contribution in [0.1, 0.15) is 55.6 Å². The zero-order valence-corrected chi connectivity index (χ0v) is 18.9. The number of carboxylic acids is 1. The first-order valence-corrected chi connectivity index (χ1v) is 11.8. The Labute approximate surface area is 189 Å². The molecule has 166 valence electrons. The summed E-state index contributed by atoms with van der Waals surface area (Å²) in [5.74, 6) is -1.12. The van der Waals surface area contributed by atoms with Gasteiger partial charge in [-0.1, -0.05) is 11.3 Å². The van der Waals surface area contributed by atoms with Crippen LogP contribution >= 0.6 is 11.3 Å². The third-order valence-corrected chi connectivity index (χ3v) is 7.41. The normalized spacial score (nSPS) is 19.8. The van der Waals surface area contributed by atoms with Crippen molar-refractivity contribution in [2.24, 2.45) is 5.92 Å². The number of rotatable bonds is 4. The van der Waals surface area contributed by atoms with Crippen LogP contribution in [0.15, 0.2) is 18.3 Å². The highest BCUT2D eigenvalue weighted by atomic mass is 32.1. The Balaban J connectivity index is 1.60. The fourth-order valence-corrected chi connectivity index (χ4v) is 5.89. The van der Waals surface area contributed by atoms with Crippen LogP contribution in [0.4, 0.5) is 5.13 Å². The first kappa shape index (κ1) is 20.8. The summed E-state index contributed by atoms with van der Waals surface area (Å²) in [6.07, 6.45) is 6.36. The zero-order valence-electron chi connectivity index (χ0n) is 18.1. The number of hydrogen-bond donors (Lipinski definition) is 2. The van der Waals surface area contributed by atoms with Gasteiger partial charge in [0.1, 0.15) is 0 Å². The minimum Gasteiger partial charge on any atom is -0.481 e. The van der Waals surface area contributed by atoms with Crippen molar-refractivity contribution in [3.8, 4) is 21.8 Å². The molecule has 2 aliphatic rings. The quantitative estimate of drug-likeness (QED) is 0.614. The lowest BCUT2D eigenvalue weighted by atomic mass is 9.86. The van der Waals surface area contributed by atoms with Crippen LogP contribution in [0.5, 0.6) is 0 Å². The number of aliphatic carboxylic acids is 1. The second kappa shape index (κ2) is 8.12. The lowest BCUT2D eigenvalue weighted by molar-refractivity contribution is -0.143. The number of pyridine rings is 1. The predicted octanol–water partition coefficient (Wildman–Crippen LogP) is 4.25. The number of carbonyl (C=O) groups is 2. The van der Waals surface area contributed by atoms with E-state index >= 15 is 0 Å². The molecule has 0 saturated heterocycles. The summed E-state index contributed by atoms with van der Waals surface area (Å²) < 4.78 is 2.11. The maximum atomic E-state index is 11.6. The number of carbonyl (C=O) groups excluding carboxylic acids is 1. The van der Waals surface area contributed by atoms with E-state index in [1.165, 1.54) is 23.8 Å². The standard InChI is InChI=1S/C23H25N5O3S/c1-12-3-4-15(11-24-12)19-17-9-10-18-21(32-23(26-18)25-13(2)29)20(17)28(27-19)16-7-5-14(6-8-16)22(30)31/h3-4,11,14,16H,5-10H2,1-2H3,(H,30,31)(H,25,26,29)/t14-,16-. The summed E-state index contributed by atoms with van der Waals surface area (Å²) >= 11 is 1.49. The highest BCUT2D eigenvalue weighted by Gasteiger charge is 2.34. The smallest absolute Gasteiger partial charge is 0.306 e. The van der Waals surface area contributed by atoms with Crippen molar-refractivity contribution in [2.75, 3.05) is 5.32 Å². The van der Waals surface area contributed by atoms with E-state index < -0.39 is 5.97 Å².